The number of hydrazine groups is 1. The normalized spacial score (nSPS) is 20.7. The predicted octanol–water partition coefficient (Wildman–Crippen LogP) is 0.747. The molecule has 1 unspecified atom stereocenters. The van der Waals surface area contributed by atoms with E-state index in [9.17, 15) is 13.2 Å². The topological polar surface area (TPSA) is 87.3 Å². The lowest BCUT2D eigenvalue weighted by Crippen LogP contribution is -2.41. The maximum Gasteiger partial charge on any atom is 0.333 e. The van der Waals surface area contributed by atoms with Crippen molar-refractivity contribution in [2.75, 3.05) is 23.5 Å². The number of anilines is 1. The predicted molar refractivity (Wildman–Crippen MR) is 73.4 cm³/mol. The fraction of sp³-hybridized carbons (Fsp3) is 0.417. The Balaban J connectivity index is 1.68. The second kappa shape index (κ2) is 5.92. The number of benzene rings is 1. The van der Waals surface area contributed by atoms with Crippen molar-refractivity contribution in [1.29, 1.82) is 0 Å². The maximum atomic E-state index is 11.5. The highest BCUT2D eigenvalue weighted by Crippen LogP contribution is 2.17. The van der Waals surface area contributed by atoms with Crippen LogP contribution in [-0.4, -0.2) is 32.5 Å². The first-order chi connectivity index (χ1) is 9.05. The Labute approximate surface area is 112 Å². The van der Waals surface area contributed by atoms with Gasteiger partial charge < -0.3 is 5.32 Å². The van der Waals surface area contributed by atoms with Gasteiger partial charge in [0.05, 0.1) is 17.2 Å². The molecular weight excluding hydrogens is 266 g/mol. The van der Waals surface area contributed by atoms with Crippen LogP contribution in [-0.2, 0) is 9.84 Å². The summed E-state index contributed by atoms with van der Waals surface area (Å²) in [6, 6.07) is 8.86. The summed E-state index contributed by atoms with van der Waals surface area (Å²) >= 11 is 0. The molecular formula is C12H17N3O3S. The molecule has 0 spiro atoms. The largest absolute Gasteiger partial charge is 0.336 e. The van der Waals surface area contributed by atoms with Gasteiger partial charge in [0.1, 0.15) is 0 Å². The number of nitrogens with one attached hydrogen (secondary N) is 3. The molecule has 2 rings (SSSR count). The number of carbonyl (C=O) groups excluding carboxylic acids is 1. The van der Waals surface area contributed by atoms with Crippen molar-refractivity contribution in [2.24, 2.45) is 5.92 Å². The van der Waals surface area contributed by atoms with Crippen molar-refractivity contribution in [2.45, 2.75) is 6.42 Å². The molecule has 1 aliphatic rings. The molecule has 6 nitrogen and oxygen atoms in total. The fourth-order valence-corrected chi connectivity index (χ4v) is 3.83. The molecule has 0 saturated carbocycles. The quantitative estimate of drug-likeness (QED) is 0.712. The SMILES string of the molecule is O=C(NCC1CCS(=O)(=O)C1)NNc1ccccc1. The minimum absolute atomic E-state index is 0.0208. The van der Waals surface area contributed by atoms with Crippen molar-refractivity contribution in [3.8, 4) is 0 Å². The van der Waals surface area contributed by atoms with Gasteiger partial charge in [0.15, 0.2) is 9.84 Å². The zero-order chi connectivity index (χ0) is 13.7. The average molecular weight is 283 g/mol. The maximum absolute atomic E-state index is 11.5. The van der Waals surface area contributed by atoms with Crippen molar-refractivity contribution in [3.05, 3.63) is 30.3 Å². The molecule has 1 atom stereocenters. The third kappa shape index (κ3) is 4.44. The molecule has 19 heavy (non-hydrogen) atoms. The molecule has 3 N–H and O–H groups in total. The molecule has 2 amide bonds. The summed E-state index contributed by atoms with van der Waals surface area (Å²) in [6.07, 6.45) is 0.620. The van der Waals surface area contributed by atoms with Gasteiger partial charge in [-0.1, -0.05) is 18.2 Å². The molecule has 1 aliphatic heterocycles. The van der Waals surface area contributed by atoms with E-state index in [1.807, 2.05) is 30.3 Å². The number of rotatable bonds is 4. The number of hydrogen-bond donors (Lipinski definition) is 3. The van der Waals surface area contributed by atoms with Gasteiger partial charge in [-0.2, -0.15) is 0 Å². The molecule has 7 heteroatoms. The molecule has 0 radical (unpaired) electrons. The van der Waals surface area contributed by atoms with E-state index >= 15 is 0 Å². The average Bonchev–Trinajstić information content (AvgIpc) is 2.75. The summed E-state index contributed by atoms with van der Waals surface area (Å²) < 4.78 is 22.5. The highest BCUT2D eigenvalue weighted by atomic mass is 32.2. The molecule has 0 aromatic heterocycles. The van der Waals surface area contributed by atoms with E-state index in [1.165, 1.54) is 0 Å². The number of amides is 2. The van der Waals surface area contributed by atoms with Crippen molar-refractivity contribution >= 4 is 21.6 Å². The van der Waals surface area contributed by atoms with Gasteiger partial charge in [0.2, 0.25) is 0 Å². The van der Waals surface area contributed by atoms with E-state index in [2.05, 4.69) is 16.2 Å². The lowest BCUT2D eigenvalue weighted by atomic mass is 10.1. The van der Waals surface area contributed by atoms with E-state index < -0.39 is 9.84 Å². The van der Waals surface area contributed by atoms with E-state index in [0.29, 0.717) is 13.0 Å². The summed E-state index contributed by atoms with van der Waals surface area (Å²) in [6.45, 7) is 0.377. The molecule has 0 bridgehead atoms. The van der Waals surface area contributed by atoms with Crippen LogP contribution in [0, 0.1) is 5.92 Å². The molecule has 0 aliphatic carbocycles. The van der Waals surface area contributed by atoms with Gasteiger partial charge in [-0.25, -0.2) is 13.2 Å². The van der Waals surface area contributed by atoms with Crippen molar-refractivity contribution in [3.63, 3.8) is 0 Å². The highest BCUT2D eigenvalue weighted by Gasteiger charge is 2.27. The summed E-state index contributed by atoms with van der Waals surface area (Å²) in [5, 5.41) is 2.66. The Morgan fingerprint density at radius 3 is 2.63 bits per heavy atom. The lowest BCUT2D eigenvalue weighted by Gasteiger charge is -2.12. The number of hydrogen-bond acceptors (Lipinski definition) is 4. The van der Waals surface area contributed by atoms with Crippen LogP contribution >= 0.6 is 0 Å². The second-order valence-electron chi connectivity index (χ2n) is 4.60. The minimum Gasteiger partial charge on any atom is -0.336 e. The van der Waals surface area contributed by atoms with Crippen LogP contribution in [0.5, 0.6) is 0 Å². The van der Waals surface area contributed by atoms with Crippen LogP contribution in [0.3, 0.4) is 0 Å². The van der Waals surface area contributed by atoms with Gasteiger partial charge in [-0.3, -0.25) is 10.9 Å². The van der Waals surface area contributed by atoms with Gasteiger partial charge in [-0.15, -0.1) is 0 Å². The first-order valence-corrected chi connectivity index (χ1v) is 7.93. The Kier molecular flexibility index (Phi) is 4.26. The Morgan fingerprint density at radius 2 is 2.00 bits per heavy atom. The zero-order valence-electron chi connectivity index (χ0n) is 10.4. The Morgan fingerprint density at radius 1 is 1.26 bits per heavy atom. The fourth-order valence-electron chi connectivity index (χ4n) is 1.96. The summed E-state index contributed by atoms with van der Waals surface area (Å²) in [7, 11) is -2.89. The standard InChI is InChI=1S/C12H17N3O3S/c16-12(15-14-11-4-2-1-3-5-11)13-8-10-6-7-19(17,18)9-10/h1-5,10,14H,6-9H2,(H2,13,15,16). The van der Waals surface area contributed by atoms with Gasteiger partial charge in [0.25, 0.3) is 0 Å². The third-order valence-corrected chi connectivity index (χ3v) is 4.81. The lowest BCUT2D eigenvalue weighted by molar-refractivity contribution is 0.241. The van der Waals surface area contributed by atoms with E-state index in [1.54, 1.807) is 0 Å². The van der Waals surface area contributed by atoms with Gasteiger partial charge >= 0.3 is 6.03 Å². The van der Waals surface area contributed by atoms with E-state index in [0.717, 1.165) is 5.69 Å². The zero-order valence-corrected chi connectivity index (χ0v) is 11.2. The minimum atomic E-state index is -2.89. The van der Waals surface area contributed by atoms with Crippen molar-refractivity contribution in [1.82, 2.24) is 10.7 Å². The van der Waals surface area contributed by atoms with Crippen molar-refractivity contribution < 1.29 is 13.2 Å². The summed E-state index contributed by atoms with van der Waals surface area (Å²) in [5.41, 5.74) is 6.03. The first-order valence-electron chi connectivity index (χ1n) is 6.10. The Bertz CT molecular complexity index is 530. The summed E-state index contributed by atoms with van der Waals surface area (Å²) in [5.74, 6) is 0.412. The van der Waals surface area contributed by atoms with Gasteiger partial charge in [0, 0.05) is 6.54 Å². The van der Waals surface area contributed by atoms with E-state index in [-0.39, 0.29) is 23.5 Å². The number of sulfone groups is 1. The van der Waals surface area contributed by atoms with Crippen LogP contribution in [0.4, 0.5) is 10.5 Å². The van der Waals surface area contributed by atoms with E-state index in [4.69, 9.17) is 0 Å². The molecule has 1 heterocycles. The monoisotopic (exact) mass is 283 g/mol. The van der Waals surface area contributed by atoms with Crippen LogP contribution in [0.15, 0.2) is 30.3 Å². The smallest absolute Gasteiger partial charge is 0.333 e. The first kappa shape index (κ1) is 13.7. The molecule has 1 saturated heterocycles. The second-order valence-corrected chi connectivity index (χ2v) is 6.82. The van der Waals surface area contributed by atoms with Crippen LogP contribution in [0.2, 0.25) is 0 Å². The highest BCUT2D eigenvalue weighted by molar-refractivity contribution is 7.91. The number of para-hydroxylation sites is 1. The number of carbonyl (C=O) groups is 1. The van der Waals surface area contributed by atoms with Crippen LogP contribution in [0.25, 0.3) is 0 Å². The van der Waals surface area contributed by atoms with Gasteiger partial charge in [-0.05, 0) is 24.5 Å². The van der Waals surface area contributed by atoms with Crippen LogP contribution in [0.1, 0.15) is 6.42 Å². The molecule has 104 valence electrons. The number of urea groups is 1. The molecule has 1 aromatic rings. The Hall–Kier alpha value is -1.76. The third-order valence-electron chi connectivity index (χ3n) is 2.97. The molecule has 1 aromatic carbocycles. The van der Waals surface area contributed by atoms with Crippen LogP contribution < -0.4 is 16.2 Å². The summed E-state index contributed by atoms with van der Waals surface area (Å²) in [4.78, 5) is 11.5. The molecule has 1 fully saturated rings.